The van der Waals surface area contributed by atoms with E-state index >= 15 is 0 Å². The highest BCUT2D eigenvalue weighted by atomic mass is 16.1. The molecule has 108 valence electrons. The molecule has 2 aliphatic rings. The normalized spacial score (nSPS) is 21.6. The third-order valence-electron chi connectivity index (χ3n) is 4.37. The molecular weight excluding hydrogens is 262 g/mol. The number of benzene rings is 1. The monoisotopic (exact) mass is 281 g/mol. The second-order valence-electron chi connectivity index (χ2n) is 6.05. The first-order valence-electron chi connectivity index (χ1n) is 7.72. The van der Waals surface area contributed by atoms with Gasteiger partial charge in [0.25, 0.3) is 5.91 Å². The standard InChI is InChI=1S/C17H19N3O/c21-17(19-12-7-8-18-10-12)14-9-16(11-5-6-11)20-15-4-2-1-3-13(14)15/h1-4,9,11-12,18H,5-8,10H2,(H,19,21). The number of fused-ring (bicyclic) bond motifs is 1. The quantitative estimate of drug-likeness (QED) is 0.907. The highest BCUT2D eigenvalue weighted by molar-refractivity contribution is 6.06. The Morgan fingerprint density at radius 1 is 1.24 bits per heavy atom. The smallest absolute Gasteiger partial charge is 0.252 e. The lowest BCUT2D eigenvalue weighted by atomic mass is 10.0. The van der Waals surface area contributed by atoms with Crippen molar-refractivity contribution in [3.63, 3.8) is 0 Å². The largest absolute Gasteiger partial charge is 0.348 e. The first kappa shape index (κ1) is 12.8. The number of hydrogen-bond donors (Lipinski definition) is 2. The number of carbonyl (C=O) groups excluding carboxylic acids is 1. The maximum absolute atomic E-state index is 12.6. The zero-order valence-corrected chi connectivity index (χ0v) is 11.9. The molecular formula is C17H19N3O. The third-order valence-corrected chi connectivity index (χ3v) is 4.37. The Hall–Kier alpha value is -1.94. The minimum absolute atomic E-state index is 0.0317. The Morgan fingerprint density at radius 2 is 2.10 bits per heavy atom. The molecule has 1 aromatic carbocycles. The summed E-state index contributed by atoms with van der Waals surface area (Å²) in [4.78, 5) is 17.4. The molecule has 1 aliphatic heterocycles. The molecule has 4 heteroatoms. The van der Waals surface area contributed by atoms with Gasteiger partial charge in [-0.15, -0.1) is 0 Å². The summed E-state index contributed by atoms with van der Waals surface area (Å²) in [5, 5.41) is 7.37. The van der Waals surface area contributed by atoms with Gasteiger partial charge in [0.2, 0.25) is 0 Å². The fourth-order valence-corrected chi connectivity index (χ4v) is 3.01. The van der Waals surface area contributed by atoms with Crippen molar-refractivity contribution >= 4 is 16.8 Å². The number of pyridine rings is 1. The Kier molecular flexibility index (Phi) is 3.11. The van der Waals surface area contributed by atoms with Gasteiger partial charge < -0.3 is 10.6 Å². The molecule has 0 bridgehead atoms. The van der Waals surface area contributed by atoms with Crippen molar-refractivity contribution in [2.45, 2.75) is 31.2 Å². The molecule has 1 aliphatic carbocycles. The summed E-state index contributed by atoms with van der Waals surface area (Å²) in [5.41, 5.74) is 2.77. The molecule has 0 spiro atoms. The SMILES string of the molecule is O=C(NC1CCNC1)c1cc(C2CC2)nc2ccccc12. The molecule has 2 N–H and O–H groups in total. The van der Waals surface area contributed by atoms with E-state index in [0.29, 0.717) is 5.92 Å². The average molecular weight is 281 g/mol. The van der Waals surface area contributed by atoms with Crippen LogP contribution in [-0.2, 0) is 0 Å². The van der Waals surface area contributed by atoms with Crippen molar-refractivity contribution < 1.29 is 4.79 Å². The number of nitrogens with zero attached hydrogens (tertiary/aromatic N) is 1. The van der Waals surface area contributed by atoms with Gasteiger partial charge in [0.1, 0.15) is 0 Å². The van der Waals surface area contributed by atoms with Crippen molar-refractivity contribution in [1.29, 1.82) is 0 Å². The van der Waals surface area contributed by atoms with Gasteiger partial charge in [-0.05, 0) is 37.9 Å². The van der Waals surface area contributed by atoms with Gasteiger partial charge in [0.15, 0.2) is 0 Å². The van der Waals surface area contributed by atoms with Gasteiger partial charge in [-0.1, -0.05) is 18.2 Å². The molecule has 2 aromatic rings. The van der Waals surface area contributed by atoms with Crippen molar-refractivity contribution in [2.24, 2.45) is 0 Å². The van der Waals surface area contributed by atoms with Crippen LogP contribution in [0.3, 0.4) is 0 Å². The van der Waals surface area contributed by atoms with Gasteiger partial charge >= 0.3 is 0 Å². The van der Waals surface area contributed by atoms with Crippen LogP contribution in [0.1, 0.15) is 41.2 Å². The van der Waals surface area contributed by atoms with Crippen LogP contribution in [0.4, 0.5) is 0 Å². The van der Waals surface area contributed by atoms with Gasteiger partial charge in [-0.2, -0.15) is 0 Å². The number of hydrogen-bond acceptors (Lipinski definition) is 3. The molecule has 2 fully saturated rings. The molecule has 1 saturated heterocycles. The van der Waals surface area contributed by atoms with Gasteiger partial charge in [0.05, 0.1) is 11.1 Å². The fourth-order valence-electron chi connectivity index (χ4n) is 3.01. The molecule has 2 heterocycles. The molecule has 1 amide bonds. The van der Waals surface area contributed by atoms with E-state index in [4.69, 9.17) is 4.98 Å². The van der Waals surface area contributed by atoms with Crippen LogP contribution in [-0.4, -0.2) is 30.0 Å². The van der Waals surface area contributed by atoms with Crippen molar-refractivity contribution in [3.05, 3.63) is 41.6 Å². The number of amides is 1. The minimum atomic E-state index is 0.0317. The van der Waals surface area contributed by atoms with Crippen LogP contribution in [0.2, 0.25) is 0 Å². The summed E-state index contributed by atoms with van der Waals surface area (Å²) in [6.07, 6.45) is 3.39. The van der Waals surface area contributed by atoms with Gasteiger partial charge in [-0.25, -0.2) is 0 Å². The van der Waals surface area contributed by atoms with E-state index in [9.17, 15) is 4.79 Å². The molecule has 0 radical (unpaired) electrons. The van der Waals surface area contributed by atoms with Crippen LogP contribution < -0.4 is 10.6 Å². The van der Waals surface area contributed by atoms with Crippen molar-refractivity contribution in [1.82, 2.24) is 15.6 Å². The lowest BCUT2D eigenvalue weighted by Crippen LogP contribution is -2.36. The molecule has 1 aromatic heterocycles. The number of para-hydroxylation sites is 1. The zero-order chi connectivity index (χ0) is 14.2. The summed E-state index contributed by atoms with van der Waals surface area (Å²) in [5.74, 6) is 0.582. The maximum Gasteiger partial charge on any atom is 0.252 e. The van der Waals surface area contributed by atoms with Crippen LogP contribution in [0.15, 0.2) is 30.3 Å². The zero-order valence-electron chi connectivity index (χ0n) is 11.9. The molecule has 1 unspecified atom stereocenters. The summed E-state index contributed by atoms with van der Waals surface area (Å²) in [7, 11) is 0. The lowest BCUT2D eigenvalue weighted by Gasteiger charge is -2.13. The number of rotatable bonds is 3. The highest BCUT2D eigenvalue weighted by Gasteiger charge is 2.27. The van der Waals surface area contributed by atoms with Crippen molar-refractivity contribution in [3.8, 4) is 0 Å². The fraction of sp³-hybridized carbons (Fsp3) is 0.412. The molecule has 4 rings (SSSR count). The summed E-state index contributed by atoms with van der Waals surface area (Å²) < 4.78 is 0. The summed E-state index contributed by atoms with van der Waals surface area (Å²) >= 11 is 0. The van der Waals surface area contributed by atoms with E-state index in [1.807, 2.05) is 30.3 Å². The molecule has 1 atom stereocenters. The first-order chi connectivity index (χ1) is 10.3. The second-order valence-corrected chi connectivity index (χ2v) is 6.05. The van der Waals surface area contributed by atoms with E-state index < -0.39 is 0 Å². The van der Waals surface area contributed by atoms with Crippen LogP contribution in [0.25, 0.3) is 10.9 Å². The Bertz CT molecular complexity index is 687. The maximum atomic E-state index is 12.6. The molecule has 4 nitrogen and oxygen atoms in total. The van der Waals surface area contributed by atoms with E-state index in [1.165, 1.54) is 12.8 Å². The minimum Gasteiger partial charge on any atom is -0.348 e. The Morgan fingerprint density at radius 3 is 2.86 bits per heavy atom. The third kappa shape index (κ3) is 2.51. The summed E-state index contributed by atoms with van der Waals surface area (Å²) in [6, 6.07) is 10.2. The van der Waals surface area contributed by atoms with Crippen LogP contribution in [0.5, 0.6) is 0 Å². The number of carbonyl (C=O) groups is 1. The first-order valence-corrected chi connectivity index (χ1v) is 7.72. The second kappa shape index (κ2) is 5.11. The topological polar surface area (TPSA) is 54.0 Å². The average Bonchev–Trinajstić information content (AvgIpc) is 3.24. The number of nitrogens with one attached hydrogen (secondary N) is 2. The van der Waals surface area contributed by atoms with E-state index in [0.717, 1.165) is 41.7 Å². The van der Waals surface area contributed by atoms with Crippen LogP contribution >= 0.6 is 0 Å². The predicted molar refractivity (Wildman–Crippen MR) is 82.5 cm³/mol. The Labute approximate surface area is 124 Å². The highest BCUT2D eigenvalue weighted by Crippen LogP contribution is 2.40. The van der Waals surface area contributed by atoms with E-state index in [2.05, 4.69) is 10.6 Å². The van der Waals surface area contributed by atoms with E-state index in [-0.39, 0.29) is 11.9 Å². The Balaban J connectivity index is 1.72. The van der Waals surface area contributed by atoms with Crippen molar-refractivity contribution in [2.75, 3.05) is 13.1 Å². The number of aromatic nitrogens is 1. The molecule has 21 heavy (non-hydrogen) atoms. The predicted octanol–water partition coefficient (Wildman–Crippen LogP) is 2.20. The summed E-state index contributed by atoms with van der Waals surface area (Å²) in [6.45, 7) is 1.85. The van der Waals surface area contributed by atoms with E-state index in [1.54, 1.807) is 0 Å². The lowest BCUT2D eigenvalue weighted by molar-refractivity contribution is 0.0941. The molecule has 1 saturated carbocycles. The van der Waals surface area contributed by atoms with Gasteiger partial charge in [0, 0.05) is 29.6 Å². The van der Waals surface area contributed by atoms with Crippen LogP contribution in [0, 0.1) is 0 Å². The van der Waals surface area contributed by atoms with Gasteiger partial charge in [-0.3, -0.25) is 9.78 Å².